The number of rotatable bonds is 2. The molecule has 1 heterocycles. The summed E-state index contributed by atoms with van der Waals surface area (Å²) in [6, 6.07) is 0.272. The van der Waals surface area contributed by atoms with E-state index in [2.05, 4.69) is 18.7 Å². The average molecular weight is 173 g/mol. The van der Waals surface area contributed by atoms with Gasteiger partial charge in [-0.3, -0.25) is 4.90 Å². The van der Waals surface area contributed by atoms with Gasteiger partial charge in [-0.25, -0.2) is 0 Å². The van der Waals surface area contributed by atoms with Crippen LogP contribution in [0.1, 0.15) is 20.3 Å². The van der Waals surface area contributed by atoms with E-state index in [9.17, 15) is 0 Å². The first kappa shape index (κ1) is 9.96. The Labute approximate surface area is 74.3 Å². The van der Waals surface area contributed by atoms with Gasteiger partial charge in [0.1, 0.15) is 0 Å². The maximum atomic E-state index is 8.98. The van der Waals surface area contributed by atoms with Crippen LogP contribution in [0.15, 0.2) is 0 Å². The Bertz CT molecular complexity index is 130. The van der Waals surface area contributed by atoms with E-state index < -0.39 is 0 Å². The molecule has 0 bridgehead atoms. The molecule has 3 nitrogen and oxygen atoms in total. The third-order valence-corrected chi connectivity index (χ3v) is 2.37. The molecular formula is C9H19NO2. The van der Waals surface area contributed by atoms with Crippen LogP contribution in [0, 0.1) is 0 Å². The van der Waals surface area contributed by atoms with Gasteiger partial charge in [0, 0.05) is 25.7 Å². The van der Waals surface area contributed by atoms with Gasteiger partial charge in [0.15, 0.2) is 0 Å². The Morgan fingerprint density at radius 3 is 3.08 bits per heavy atom. The van der Waals surface area contributed by atoms with Crippen LogP contribution < -0.4 is 0 Å². The van der Waals surface area contributed by atoms with E-state index >= 15 is 0 Å². The fourth-order valence-corrected chi connectivity index (χ4v) is 1.54. The van der Waals surface area contributed by atoms with Crippen LogP contribution in [0.5, 0.6) is 0 Å². The van der Waals surface area contributed by atoms with E-state index in [0.29, 0.717) is 6.10 Å². The van der Waals surface area contributed by atoms with Crippen LogP contribution in [0.3, 0.4) is 0 Å². The van der Waals surface area contributed by atoms with Crippen LogP contribution in [0.2, 0.25) is 0 Å². The highest BCUT2D eigenvalue weighted by atomic mass is 16.5. The lowest BCUT2D eigenvalue weighted by Crippen LogP contribution is -2.39. The molecule has 1 N–H and O–H groups in total. The van der Waals surface area contributed by atoms with E-state index in [0.717, 1.165) is 26.1 Å². The van der Waals surface area contributed by atoms with Crippen molar-refractivity contribution in [3.05, 3.63) is 0 Å². The first-order valence-electron chi connectivity index (χ1n) is 4.70. The Hall–Kier alpha value is -0.120. The van der Waals surface area contributed by atoms with E-state index in [-0.39, 0.29) is 12.6 Å². The lowest BCUT2D eigenvalue weighted by Gasteiger charge is -2.26. The summed E-state index contributed by atoms with van der Waals surface area (Å²) < 4.78 is 5.50. The number of nitrogens with zero attached hydrogens (tertiary/aromatic N) is 1. The van der Waals surface area contributed by atoms with E-state index in [4.69, 9.17) is 9.84 Å². The second-order valence-corrected chi connectivity index (χ2v) is 3.56. The largest absolute Gasteiger partial charge is 0.395 e. The van der Waals surface area contributed by atoms with Crippen LogP contribution in [0.25, 0.3) is 0 Å². The zero-order valence-electron chi connectivity index (χ0n) is 7.99. The third kappa shape index (κ3) is 2.73. The van der Waals surface area contributed by atoms with Crippen molar-refractivity contribution in [2.75, 3.05) is 26.3 Å². The second kappa shape index (κ2) is 4.80. The minimum atomic E-state index is 0.243. The molecule has 0 radical (unpaired) electrons. The van der Waals surface area contributed by atoms with Crippen LogP contribution in [-0.2, 0) is 4.74 Å². The first-order valence-corrected chi connectivity index (χ1v) is 4.70. The summed E-state index contributed by atoms with van der Waals surface area (Å²) in [7, 11) is 0. The van der Waals surface area contributed by atoms with Gasteiger partial charge in [-0.1, -0.05) is 0 Å². The Morgan fingerprint density at radius 2 is 2.42 bits per heavy atom. The summed E-state index contributed by atoms with van der Waals surface area (Å²) in [6.07, 6.45) is 1.38. The van der Waals surface area contributed by atoms with Crippen molar-refractivity contribution in [3.8, 4) is 0 Å². The number of aliphatic hydroxyl groups is 1. The minimum Gasteiger partial charge on any atom is -0.395 e. The fourth-order valence-electron chi connectivity index (χ4n) is 1.54. The highest BCUT2D eigenvalue weighted by molar-refractivity contribution is 4.71. The summed E-state index contributed by atoms with van der Waals surface area (Å²) >= 11 is 0. The van der Waals surface area contributed by atoms with E-state index in [1.165, 1.54) is 0 Å². The molecule has 0 aliphatic carbocycles. The summed E-state index contributed by atoms with van der Waals surface area (Å²) in [5, 5.41) is 8.98. The predicted octanol–water partition coefficient (Wildman–Crippen LogP) is 0.478. The zero-order chi connectivity index (χ0) is 8.97. The molecule has 12 heavy (non-hydrogen) atoms. The number of hydrogen-bond donors (Lipinski definition) is 1. The topological polar surface area (TPSA) is 32.7 Å². The Kier molecular flexibility index (Phi) is 3.98. The molecule has 0 saturated carbocycles. The maximum absolute atomic E-state index is 8.98. The number of aliphatic hydroxyl groups excluding tert-OH is 1. The smallest absolute Gasteiger partial charge is 0.0674 e. The van der Waals surface area contributed by atoms with Gasteiger partial charge in [-0.2, -0.15) is 0 Å². The zero-order valence-corrected chi connectivity index (χ0v) is 7.99. The highest BCUT2D eigenvalue weighted by Crippen LogP contribution is 2.08. The van der Waals surface area contributed by atoms with E-state index in [1.807, 2.05) is 0 Å². The SMILES string of the molecule is CC1CN(C(C)CO)CCCO1. The maximum Gasteiger partial charge on any atom is 0.0674 e. The molecule has 0 aromatic carbocycles. The summed E-state index contributed by atoms with van der Waals surface area (Å²) in [5.41, 5.74) is 0. The summed E-state index contributed by atoms with van der Waals surface area (Å²) in [4.78, 5) is 2.29. The Morgan fingerprint density at radius 1 is 1.67 bits per heavy atom. The molecule has 0 aromatic rings. The van der Waals surface area contributed by atoms with Gasteiger partial charge in [-0.05, 0) is 20.3 Å². The van der Waals surface area contributed by atoms with Crippen molar-refractivity contribution in [1.29, 1.82) is 0 Å². The molecule has 1 aliphatic heterocycles. The van der Waals surface area contributed by atoms with Crippen molar-refractivity contribution in [1.82, 2.24) is 4.90 Å². The molecule has 3 heteroatoms. The van der Waals surface area contributed by atoms with Crippen molar-refractivity contribution in [3.63, 3.8) is 0 Å². The van der Waals surface area contributed by atoms with Crippen LogP contribution in [0.4, 0.5) is 0 Å². The molecular weight excluding hydrogens is 154 g/mol. The summed E-state index contributed by atoms with van der Waals surface area (Å²) in [6.45, 7) is 7.23. The normalized spacial score (nSPS) is 29.8. The van der Waals surface area contributed by atoms with Gasteiger partial charge in [0.2, 0.25) is 0 Å². The van der Waals surface area contributed by atoms with Crippen molar-refractivity contribution in [2.24, 2.45) is 0 Å². The lowest BCUT2D eigenvalue weighted by atomic mass is 10.2. The monoisotopic (exact) mass is 173 g/mol. The molecule has 2 unspecified atom stereocenters. The average Bonchev–Trinajstić information content (AvgIpc) is 2.28. The van der Waals surface area contributed by atoms with Crippen LogP contribution >= 0.6 is 0 Å². The first-order chi connectivity index (χ1) is 5.74. The van der Waals surface area contributed by atoms with Crippen LogP contribution in [-0.4, -0.2) is 48.5 Å². The third-order valence-electron chi connectivity index (χ3n) is 2.37. The molecule has 0 spiro atoms. The molecule has 0 aromatic heterocycles. The Balaban J connectivity index is 2.40. The molecule has 0 amide bonds. The van der Waals surface area contributed by atoms with Gasteiger partial charge >= 0.3 is 0 Å². The quantitative estimate of drug-likeness (QED) is 0.659. The standard InChI is InChI=1S/C9H19NO2/c1-8(7-11)10-4-3-5-12-9(2)6-10/h8-9,11H,3-7H2,1-2H3. The fraction of sp³-hybridized carbons (Fsp3) is 1.00. The molecule has 1 aliphatic rings. The van der Waals surface area contributed by atoms with Gasteiger partial charge in [0.25, 0.3) is 0 Å². The highest BCUT2D eigenvalue weighted by Gasteiger charge is 2.18. The molecule has 1 saturated heterocycles. The molecule has 72 valence electrons. The summed E-state index contributed by atoms with van der Waals surface area (Å²) in [5.74, 6) is 0. The van der Waals surface area contributed by atoms with E-state index in [1.54, 1.807) is 0 Å². The molecule has 1 fully saturated rings. The van der Waals surface area contributed by atoms with Crippen molar-refractivity contribution >= 4 is 0 Å². The van der Waals surface area contributed by atoms with Crippen molar-refractivity contribution < 1.29 is 9.84 Å². The molecule has 1 rings (SSSR count). The van der Waals surface area contributed by atoms with Gasteiger partial charge < -0.3 is 9.84 Å². The number of ether oxygens (including phenoxy) is 1. The van der Waals surface area contributed by atoms with Gasteiger partial charge in [0.05, 0.1) is 12.7 Å². The predicted molar refractivity (Wildman–Crippen MR) is 48.2 cm³/mol. The second-order valence-electron chi connectivity index (χ2n) is 3.56. The van der Waals surface area contributed by atoms with Gasteiger partial charge in [-0.15, -0.1) is 0 Å². The minimum absolute atomic E-state index is 0.243. The van der Waals surface area contributed by atoms with Crippen molar-refractivity contribution in [2.45, 2.75) is 32.4 Å². The molecule has 2 atom stereocenters. The lowest BCUT2D eigenvalue weighted by molar-refractivity contribution is 0.0550. The number of hydrogen-bond acceptors (Lipinski definition) is 3.